The van der Waals surface area contributed by atoms with E-state index in [-0.39, 0.29) is 6.54 Å². The normalized spacial score (nSPS) is 21.6. The number of hydrogen-bond donors (Lipinski definition) is 1. The molecule has 1 amide bonds. The molecule has 2 aromatic rings. The molecule has 0 radical (unpaired) electrons. The van der Waals surface area contributed by atoms with E-state index in [9.17, 15) is 24.0 Å². The smallest absolute Gasteiger partial charge is 0.305 e. The van der Waals surface area contributed by atoms with Crippen molar-refractivity contribution >= 4 is 29.8 Å². The third-order valence-corrected chi connectivity index (χ3v) is 5.90. The Morgan fingerprint density at radius 3 is 1.81 bits per heavy atom. The third-order valence-electron chi connectivity index (χ3n) is 5.90. The van der Waals surface area contributed by atoms with Crippen LogP contribution in [-0.4, -0.2) is 88.4 Å². The average molecular weight is 587 g/mol. The zero-order chi connectivity index (χ0) is 30.6. The van der Waals surface area contributed by atoms with Crippen molar-refractivity contribution in [1.82, 2.24) is 20.2 Å². The minimum atomic E-state index is -1.48. The largest absolute Gasteiger partial charge is 0.463 e. The molecule has 0 bridgehead atoms. The van der Waals surface area contributed by atoms with Gasteiger partial charge in [-0.2, -0.15) is 0 Å². The van der Waals surface area contributed by atoms with Gasteiger partial charge in [0.2, 0.25) is 12.2 Å². The van der Waals surface area contributed by atoms with Crippen molar-refractivity contribution in [2.45, 2.75) is 71.4 Å². The zero-order valence-electron chi connectivity index (χ0n) is 23.8. The van der Waals surface area contributed by atoms with Crippen LogP contribution in [0, 0.1) is 0 Å². The third kappa shape index (κ3) is 10.2. The molecule has 226 valence electrons. The van der Waals surface area contributed by atoms with Crippen LogP contribution in [0.15, 0.2) is 48.8 Å². The average Bonchev–Trinajstić information content (AvgIpc) is 2.91. The van der Waals surface area contributed by atoms with Gasteiger partial charge in [-0.15, -0.1) is 0 Å². The summed E-state index contributed by atoms with van der Waals surface area (Å²) in [6.45, 7) is 4.57. The topological polar surface area (TPSA) is 173 Å². The number of aromatic nitrogens is 2. The fraction of sp³-hybridized carbons (Fsp3) is 0.464. The van der Waals surface area contributed by atoms with E-state index < -0.39 is 67.0 Å². The van der Waals surface area contributed by atoms with Crippen molar-refractivity contribution in [1.29, 1.82) is 0 Å². The number of nitrogens with zero attached hydrogens (tertiary/aromatic N) is 3. The minimum absolute atomic E-state index is 0.168. The number of esters is 4. The molecule has 42 heavy (non-hydrogen) atoms. The van der Waals surface area contributed by atoms with Crippen LogP contribution in [0.3, 0.4) is 0 Å². The number of rotatable bonds is 12. The second-order valence-electron chi connectivity index (χ2n) is 9.48. The Hall–Kier alpha value is -4.43. The van der Waals surface area contributed by atoms with Crippen molar-refractivity contribution < 1.29 is 47.7 Å². The molecule has 1 fully saturated rings. The lowest BCUT2D eigenvalue weighted by Gasteiger charge is -2.44. The molecule has 5 atom stereocenters. The van der Waals surface area contributed by atoms with Gasteiger partial charge in [-0.3, -0.25) is 38.8 Å². The van der Waals surface area contributed by atoms with Crippen molar-refractivity contribution in [2.24, 2.45) is 0 Å². The van der Waals surface area contributed by atoms with Gasteiger partial charge in [0, 0.05) is 53.2 Å². The monoisotopic (exact) mass is 586 g/mol. The molecule has 2 aromatic heterocycles. The lowest BCUT2D eigenvalue weighted by atomic mass is 9.96. The molecule has 1 aliphatic heterocycles. The van der Waals surface area contributed by atoms with E-state index in [1.807, 2.05) is 24.3 Å². The van der Waals surface area contributed by atoms with Gasteiger partial charge in [0.25, 0.3) is 0 Å². The molecule has 0 spiro atoms. The maximum Gasteiger partial charge on any atom is 0.305 e. The molecule has 1 saturated heterocycles. The number of amides is 1. The van der Waals surface area contributed by atoms with Gasteiger partial charge in [0.05, 0.1) is 17.9 Å². The van der Waals surface area contributed by atoms with E-state index in [1.165, 1.54) is 6.92 Å². The molecule has 2 unspecified atom stereocenters. The summed E-state index contributed by atoms with van der Waals surface area (Å²) in [5.41, 5.74) is 1.42. The number of nitrogens with one attached hydrogen (secondary N) is 1. The summed E-state index contributed by atoms with van der Waals surface area (Å²) < 4.78 is 27.1. The van der Waals surface area contributed by atoms with E-state index in [4.69, 9.17) is 23.7 Å². The van der Waals surface area contributed by atoms with Crippen LogP contribution in [-0.2, 0) is 60.7 Å². The van der Waals surface area contributed by atoms with Gasteiger partial charge in [0.15, 0.2) is 12.2 Å². The second-order valence-corrected chi connectivity index (χ2v) is 9.48. The molecule has 1 N–H and O–H groups in total. The first kappa shape index (κ1) is 32.1. The van der Waals surface area contributed by atoms with Gasteiger partial charge in [-0.25, -0.2) is 0 Å². The maximum atomic E-state index is 13.5. The minimum Gasteiger partial charge on any atom is -0.463 e. The quantitative estimate of drug-likeness (QED) is 0.272. The standard InChI is InChI=1S/C28H34N4O10/c1-17(33)38-16-23-26(39-18(2)34)27(40-19(3)35)25(28(42-23)41-20(4)36)31-24(37)15-32(13-21-9-5-7-11-29-21)14-22-10-6-8-12-30-22/h5-12,23,25-28H,13-16H2,1-4H3,(H,31,37)/t23?,25-,26+,27?,28-/m1/s1. The van der Waals surface area contributed by atoms with Crippen LogP contribution < -0.4 is 5.32 Å². The molecule has 0 aromatic carbocycles. The molecule has 14 heteroatoms. The van der Waals surface area contributed by atoms with E-state index in [0.717, 1.165) is 20.8 Å². The van der Waals surface area contributed by atoms with Gasteiger partial charge < -0.3 is 29.0 Å². The van der Waals surface area contributed by atoms with Crippen LogP contribution >= 0.6 is 0 Å². The Morgan fingerprint density at radius 1 is 0.786 bits per heavy atom. The van der Waals surface area contributed by atoms with Gasteiger partial charge >= 0.3 is 23.9 Å². The van der Waals surface area contributed by atoms with E-state index in [0.29, 0.717) is 24.5 Å². The molecule has 0 aliphatic carbocycles. The first-order valence-corrected chi connectivity index (χ1v) is 13.1. The van der Waals surface area contributed by atoms with E-state index in [2.05, 4.69) is 15.3 Å². The molecule has 14 nitrogen and oxygen atoms in total. The summed E-state index contributed by atoms with van der Waals surface area (Å²) in [5, 5.41) is 2.72. The predicted octanol–water partition coefficient (Wildman–Crippen LogP) is 0.678. The Kier molecular flexibility index (Phi) is 11.9. The SMILES string of the molecule is CC(=O)OCC1O[C@@H](OC(C)=O)[C@H](NC(=O)CN(Cc2ccccn2)Cc2ccccn2)C(OC(C)=O)[C@H]1OC(C)=O. The summed E-state index contributed by atoms with van der Waals surface area (Å²) in [6, 6.07) is 9.56. The number of hydrogen-bond acceptors (Lipinski definition) is 13. The van der Waals surface area contributed by atoms with Crippen LogP contribution in [0.1, 0.15) is 39.1 Å². The Morgan fingerprint density at radius 2 is 1.33 bits per heavy atom. The first-order valence-electron chi connectivity index (χ1n) is 13.1. The second kappa shape index (κ2) is 15.5. The highest BCUT2D eigenvalue weighted by Crippen LogP contribution is 2.28. The Balaban J connectivity index is 1.89. The number of carbonyl (C=O) groups excluding carboxylic acids is 5. The van der Waals surface area contributed by atoms with E-state index in [1.54, 1.807) is 29.4 Å². The first-order chi connectivity index (χ1) is 20.0. The van der Waals surface area contributed by atoms with Crippen LogP contribution in [0.4, 0.5) is 0 Å². The van der Waals surface area contributed by atoms with E-state index >= 15 is 0 Å². The zero-order valence-corrected chi connectivity index (χ0v) is 23.8. The summed E-state index contributed by atoms with van der Waals surface area (Å²) in [4.78, 5) is 71.5. The maximum absolute atomic E-state index is 13.5. The molecule has 1 aliphatic rings. The van der Waals surface area contributed by atoms with Crippen molar-refractivity contribution in [3.63, 3.8) is 0 Å². The van der Waals surface area contributed by atoms with Gasteiger partial charge in [0.1, 0.15) is 18.8 Å². The summed E-state index contributed by atoms with van der Waals surface area (Å²) in [7, 11) is 0. The summed E-state index contributed by atoms with van der Waals surface area (Å²) in [6.07, 6.45) is -2.08. The number of ether oxygens (including phenoxy) is 5. The Bertz CT molecular complexity index is 1190. The Labute approximate surface area is 242 Å². The van der Waals surface area contributed by atoms with Crippen molar-refractivity contribution in [3.8, 4) is 0 Å². The highest BCUT2D eigenvalue weighted by Gasteiger charge is 2.52. The molecular weight excluding hydrogens is 552 g/mol. The van der Waals surface area contributed by atoms with Crippen LogP contribution in [0.5, 0.6) is 0 Å². The number of pyridine rings is 2. The lowest BCUT2D eigenvalue weighted by Crippen LogP contribution is -2.67. The lowest BCUT2D eigenvalue weighted by molar-refractivity contribution is -0.271. The highest BCUT2D eigenvalue weighted by molar-refractivity contribution is 5.79. The fourth-order valence-corrected chi connectivity index (χ4v) is 4.36. The van der Waals surface area contributed by atoms with Gasteiger partial charge in [-0.1, -0.05) is 12.1 Å². The predicted molar refractivity (Wildman–Crippen MR) is 143 cm³/mol. The molecule has 3 heterocycles. The fourth-order valence-electron chi connectivity index (χ4n) is 4.36. The van der Waals surface area contributed by atoms with Crippen molar-refractivity contribution in [3.05, 3.63) is 60.2 Å². The van der Waals surface area contributed by atoms with Crippen LogP contribution in [0.25, 0.3) is 0 Å². The van der Waals surface area contributed by atoms with Crippen molar-refractivity contribution in [2.75, 3.05) is 13.2 Å². The summed E-state index contributed by atoms with van der Waals surface area (Å²) in [5.74, 6) is -3.47. The van der Waals surface area contributed by atoms with Crippen LogP contribution in [0.2, 0.25) is 0 Å². The molecule has 0 saturated carbocycles. The van der Waals surface area contributed by atoms with Gasteiger partial charge in [-0.05, 0) is 24.3 Å². The number of carbonyl (C=O) groups is 5. The summed E-state index contributed by atoms with van der Waals surface area (Å²) >= 11 is 0. The molecular formula is C28H34N4O10. The molecule has 3 rings (SSSR count). The highest BCUT2D eigenvalue weighted by atomic mass is 16.7.